The molecule has 6 nitrogen and oxygen atoms in total. The highest BCUT2D eigenvalue weighted by atomic mass is 16.5. The Hall–Kier alpha value is -3.02. The van der Waals surface area contributed by atoms with E-state index in [4.69, 9.17) is 14.6 Å². The standard InChI is InChI=1S/C21H25NO5/c1-16-4-2-6-18(14-16)26-12-13-27-19-7-3-5-17(15-19)10-11-22-20(23)8-9-21(24)25/h2-7,14-15H,8-13H2,1H3,(H,22,23)(H,24,25). The second kappa shape index (κ2) is 10.9. The van der Waals surface area contributed by atoms with Crippen LogP contribution in [-0.4, -0.2) is 36.7 Å². The molecule has 2 aromatic carbocycles. The Labute approximate surface area is 159 Å². The van der Waals surface area contributed by atoms with Crippen LogP contribution in [0.25, 0.3) is 0 Å². The molecule has 2 rings (SSSR count). The molecule has 0 unspecified atom stereocenters. The van der Waals surface area contributed by atoms with E-state index in [9.17, 15) is 9.59 Å². The molecular formula is C21H25NO5. The van der Waals surface area contributed by atoms with Gasteiger partial charge in [-0.2, -0.15) is 0 Å². The van der Waals surface area contributed by atoms with E-state index in [-0.39, 0.29) is 18.7 Å². The molecule has 0 heterocycles. The summed E-state index contributed by atoms with van der Waals surface area (Å²) in [5.41, 5.74) is 2.18. The minimum absolute atomic E-state index is 0.000572. The van der Waals surface area contributed by atoms with Crippen LogP contribution in [0.2, 0.25) is 0 Å². The molecule has 2 aromatic rings. The first-order chi connectivity index (χ1) is 13.0. The molecule has 0 aliphatic heterocycles. The monoisotopic (exact) mass is 371 g/mol. The van der Waals surface area contributed by atoms with Gasteiger partial charge < -0.3 is 19.9 Å². The number of carboxylic acids is 1. The van der Waals surface area contributed by atoms with E-state index >= 15 is 0 Å². The maximum absolute atomic E-state index is 11.5. The van der Waals surface area contributed by atoms with Crippen molar-refractivity contribution in [2.24, 2.45) is 0 Å². The molecule has 0 bridgehead atoms. The molecule has 0 saturated carbocycles. The van der Waals surface area contributed by atoms with Gasteiger partial charge in [0.2, 0.25) is 5.91 Å². The number of amides is 1. The number of carbonyl (C=O) groups excluding carboxylic acids is 1. The smallest absolute Gasteiger partial charge is 0.303 e. The molecule has 0 atom stereocenters. The van der Waals surface area contributed by atoms with Crippen molar-refractivity contribution in [3.63, 3.8) is 0 Å². The lowest BCUT2D eigenvalue weighted by molar-refractivity contribution is -0.138. The molecule has 2 N–H and O–H groups in total. The van der Waals surface area contributed by atoms with Crippen molar-refractivity contribution in [2.45, 2.75) is 26.2 Å². The van der Waals surface area contributed by atoms with Crippen molar-refractivity contribution in [3.8, 4) is 11.5 Å². The van der Waals surface area contributed by atoms with E-state index in [1.54, 1.807) is 0 Å². The van der Waals surface area contributed by atoms with Crippen LogP contribution in [0.15, 0.2) is 48.5 Å². The van der Waals surface area contributed by atoms with Gasteiger partial charge in [0.25, 0.3) is 0 Å². The first-order valence-corrected chi connectivity index (χ1v) is 8.92. The van der Waals surface area contributed by atoms with Gasteiger partial charge in [0.1, 0.15) is 24.7 Å². The van der Waals surface area contributed by atoms with Crippen LogP contribution in [0.3, 0.4) is 0 Å². The predicted octanol–water partition coefficient (Wildman–Crippen LogP) is 2.98. The third-order valence-electron chi connectivity index (χ3n) is 3.81. The largest absolute Gasteiger partial charge is 0.490 e. The van der Waals surface area contributed by atoms with Gasteiger partial charge in [-0.25, -0.2) is 0 Å². The lowest BCUT2D eigenvalue weighted by Gasteiger charge is -2.10. The quantitative estimate of drug-likeness (QED) is 0.593. The summed E-state index contributed by atoms with van der Waals surface area (Å²) in [6.07, 6.45) is 0.495. The van der Waals surface area contributed by atoms with Crippen LogP contribution in [0.5, 0.6) is 11.5 Å². The number of hydrogen-bond donors (Lipinski definition) is 2. The average Bonchev–Trinajstić information content (AvgIpc) is 2.64. The summed E-state index contributed by atoms with van der Waals surface area (Å²) >= 11 is 0. The number of benzene rings is 2. The zero-order valence-corrected chi connectivity index (χ0v) is 15.4. The van der Waals surface area contributed by atoms with Crippen molar-refractivity contribution in [1.29, 1.82) is 0 Å². The Morgan fingerprint density at radius 1 is 0.963 bits per heavy atom. The number of aliphatic carboxylic acids is 1. The molecule has 0 aliphatic carbocycles. The SMILES string of the molecule is Cc1cccc(OCCOc2cccc(CCNC(=O)CCC(=O)O)c2)c1. The Morgan fingerprint density at radius 2 is 1.63 bits per heavy atom. The molecule has 0 aliphatic rings. The molecule has 0 spiro atoms. The molecule has 0 aromatic heterocycles. The summed E-state index contributed by atoms with van der Waals surface area (Å²) in [5.74, 6) is 0.350. The van der Waals surface area contributed by atoms with Gasteiger partial charge in [0, 0.05) is 13.0 Å². The molecule has 1 amide bonds. The van der Waals surface area contributed by atoms with Gasteiger partial charge in [-0.3, -0.25) is 9.59 Å². The Kier molecular flexibility index (Phi) is 8.16. The van der Waals surface area contributed by atoms with E-state index in [2.05, 4.69) is 5.32 Å². The van der Waals surface area contributed by atoms with Gasteiger partial charge in [0.15, 0.2) is 0 Å². The van der Waals surface area contributed by atoms with E-state index in [1.807, 2.05) is 55.5 Å². The Morgan fingerprint density at radius 3 is 2.30 bits per heavy atom. The maximum Gasteiger partial charge on any atom is 0.303 e. The highest BCUT2D eigenvalue weighted by Crippen LogP contribution is 2.15. The lowest BCUT2D eigenvalue weighted by atomic mass is 10.1. The van der Waals surface area contributed by atoms with Crippen molar-refractivity contribution in [2.75, 3.05) is 19.8 Å². The van der Waals surface area contributed by atoms with Gasteiger partial charge in [-0.15, -0.1) is 0 Å². The molecule has 0 saturated heterocycles. The summed E-state index contributed by atoms with van der Waals surface area (Å²) < 4.78 is 11.4. The summed E-state index contributed by atoms with van der Waals surface area (Å²) in [6.45, 7) is 3.36. The van der Waals surface area contributed by atoms with Gasteiger partial charge in [-0.1, -0.05) is 24.3 Å². The third-order valence-corrected chi connectivity index (χ3v) is 3.81. The molecule has 27 heavy (non-hydrogen) atoms. The zero-order valence-electron chi connectivity index (χ0n) is 15.4. The number of hydrogen-bond acceptors (Lipinski definition) is 4. The molecule has 144 valence electrons. The molecular weight excluding hydrogens is 346 g/mol. The first kappa shape index (κ1) is 20.3. The van der Waals surface area contributed by atoms with Gasteiger partial charge in [0.05, 0.1) is 6.42 Å². The summed E-state index contributed by atoms with van der Waals surface area (Å²) in [4.78, 5) is 21.9. The van der Waals surface area contributed by atoms with Crippen LogP contribution in [0, 0.1) is 6.92 Å². The van der Waals surface area contributed by atoms with E-state index in [1.165, 1.54) is 0 Å². The molecule has 0 fully saturated rings. The summed E-state index contributed by atoms with van der Waals surface area (Å²) in [6, 6.07) is 15.5. The Bertz CT molecular complexity index is 760. The van der Waals surface area contributed by atoms with E-state index in [0.29, 0.717) is 26.2 Å². The second-order valence-electron chi connectivity index (χ2n) is 6.15. The zero-order chi connectivity index (χ0) is 19.5. The summed E-state index contributed by atoms with van der Waals surface area (Å²) in [7, 11) is 0. The van der Waals surface area contributed by atoms with Gasteiger partial charge in [-0.05, 0) is 48.7 Å². The average molecular weight is 371 g/mol. The van der Waals surface area contributed by atoms with Crippen molar-refractivity contribution in [3.05, 3.63) is 59.7 Å². The minimum Gasteiger partial charge on any atom is -0.490 e. The Balaban J connectivity index is 1.68. The lowest BCUT2D eigenvalue weighted by Crippen LogP contribution is -2.26. The first-order valence-electron chi connectivity index (χ1n) is 8.92. The van der Waals surface area contributed by atoms with Crippen LogP contribution >= 0.6 is 0 Å². The highest BCUT2D eigenvalue weighted by molar-refractivity contribution is 5.80. The fourth-order valence-electron chi connectivity index (χ4n) is 2.47. The van der Waals surface area contributed by atoms with Gasteiger partial charge >= 0.3 is 5.97 Å². The minimum atomic E-state index is -0.971. The molecule has 6 heteroatoms. The van der Waals surface area contributed by atoms with Crippen molar-refractivity contribution < 1.29 is 24.2 Å². The number of rotatable bonds is 11. The van der Waals surface area contributed by atoms with Crippen molar-refractivity contribution in [1.82, 2.24) is 5.32 Å². The van der Waals surface area contributed by atoms with Crippen LogP contribution < -0.4 is 14.8 Å². The number of ether oxygens (including phenoxy) is 2. The maximum atomic E-state index is 11.5. The highest BCUT2D eigenvalue weighted by Gasteiger charge is 2.05. The van der Waals surface area contributed by atoms with Crippen LogP contribution in [0.4, 0.5) is 0 Å². The molecule has 0 radical (unpaired) electrons. The fourth-order valence-corrected chi connectivity index (χ4v) is 2.47. The third kappa shape index (κ3) is 8.27. The van der Waals surface area contributed by atoms with Crippen LogP contribution in [0.1, 0.15) is 24.0 Å². The van der Waals surface area contributed by atoms with Crippen molar-refractivity contribution >= 4 is 11.9 Å². The normalized spacial score (nSPS) is 10.3. The van der Waals surface area contributed by atoms with E-state index < -0.39 is 5.97 Å². The predicted molar refractivity (Wildman–Crippen MR) is 102 cm³/mol. The topological polar surface area (TPSA) is 84.9 Å². The second-order valence-corrected chi connectivity index (χ2v) is 6.15. The summed E-state index contributed by atoms with van der Waals surface area (Å²) in [5, 5.41) is 11.3. The number of aryl methyl sites for hydroxylation is 1. The number of nitrogens with one attached hydrogen (secondary N) is 1. The fraction of sp³-hybridized carbons (Fsp3) is 0.333. The number of carboxylic acid groups (broad SMARTS) is 1. The van der Waals surface area contributed by atoms with Crippen LogP contribution in [-0.2, 0) is 16.0 Å². The van der Waals surface area contributed by atoms with E-state index in [0.717, 1.165) is 22.6 Å². The number of carbonyl (C=O) groups is 2.